The highest BCUT2D eigenvalue weighted by molar-refractivity contribution is 8.00. The number of nitrogens with one attached hydrogen (secondary N) is 1. The summed E-state index contributed by atoms with van der Waals surface area (Å²) in [4.78, 5) is 0.988. The van der Waals surface area contributed by atoms with E-state index < -0.39 is 10.0 Å². The second-order valence-electron chi connectivity index (χ2n) is 5.27. The predicted octanol–water partition coefficient (Wildman–Crippen LogP) is 1.71. The third kappa shape index (κ3) is 5.50. The van der Waals surface area contributed by atoms with Gasteiger partial charge in [0.05, 0.1) is 12.4 Å². The number of rotatable bonds is 7. The van der Waals surface area contributed by atoms with Crippen LogP contribution in [0.5, 0.6) is 0 Å². The Morgan fingerprint density at radius 3 is 3.00 bits per heavy atom. The van der Waals surface area contributed by atoms with E-state index in [-0.39, 0.29) is 17.7 Å². The third-order valence-electron chi connectivity index (χ3n) is 3.52. The zero-order valence-electron chi connectivity index (χ0n) is 12.1. The van der Waals surface area contributed by atoms with Crippen LogP contribution in [-0.2, 0) is 14.8 Å². The monoisotopic (exact) mass is 330 g/mol. The molecular weight excluding hydrogens is 308 g/mol. The van der Waals surface area contributed by atoms with E-state index in [1.807, 2.05) is 31.2 Å². The summed E-state index contributed by atoms with van der Waals surface area (Å²) < 4.78 is 32.2. The molecule has 5 nitrogen and oxygen atoms in total. The number of ether oxygens (including phenoxy) is 1. The summed E-state index contributed by atoms with van der Waals surface area (Å²) in [7, 11) is -3.26. The van der Waals surface area contributed by atoms with Crippen molar-refractivity contribution < 1.29 is 13.2 Å². The third-order valence-corrected chi connectivity index (χ3v) is 6.24. The number of thioether (sulfide) groups is 1. The summed E-state index contributed by atoms with van der Waals surface area (Å²) in [5.41, 5.74) is 6.39. The summed E-state index contributed by atoms with van der Waals surface area (Å²) in [6.45, 7) is 3.27. The lowest BCUT2D eigenvalue weighted by atomic mass is 10.0. The first-order valence-electron chi connectivity index (χ1n) is 7.02. The molecule has 1 aromatic carbocycles. The first-order valence-corrected chi connectivity index (χ1v) is 9.66. The summed E-state index contributed by atoms with van der Waals surface area (Å²) in [5.74, 6) is 0.887. The molecule has 1 aliphatic rings. The Morgan fingerprint density at radius 2 is 2.33 bits per heavy atom. The second-order valence-corrected chi connectivity index (χ2v) is 8.31. The van der Waals surface area contributed by atoms with E-state index in [4.69, 9.17) is 10.5 Å². The molecule has 0 spiro atoms. The minimum absolute atomic E-state index is 0.0742. The molecule has 1 aliphatic heterocycles. The number of sulfonamides is 1. The predicted molar refractivity (Wildman–Crippen MR) is 86.9 cm³/mol. The van der Waals surface area contributed by atoms with Gasteiger partial charge in [0.15, 0.2) is 0 Å². The van der Waals surface area contributed by atoms with E-state index in [1.165, 1.54) is 11.8 Å². The Morgan fingerprint density at radius 1 is 1.52 bits per heavy atom. The van der Waals surface area contributed by atoms with Crippen LogP contribution in [0.3, 0.4) is 0 Å². The number of hydrogen-bond acceptors (Lipinski definition) is 5. The maximum atomic E-state index is 12.1. The van der Waals surface area contributed by atoms with Crippen molar-refractivity contribution in [1.29, 1.82) is 0 Å². The molecule has 21 heavy (non-hydrogen) atoms. The first-order chi connectivity index (χ1) is 9.96. The van der Waals surface area contributed by atoms with Gasteiger partial charge in [0, 0.05) is 34.9 Å². The van der Waals surface area contributed by atoms with Crippen molar-refractivity contribution in [1.82, 2.24) is 4.72 Å². The minimum atomic E-state index is -3.26. The Kier molecular flexibility index (Phi) is 5.92. The average molecular weight is 330 g/mol. The number of nitrogen functional groups attached to an aromatic ring is 1. The summed E-state index contributed by atoms with van der Waals surface area (Å²) in [6, 6.07) is 7.39. The van der Waals surface area contributed by atoms with E-state index >= 15 is 0 Å². The highest BCUT2D eigenvalue weighted by Crippen LogP contribution is 2.21. The van der Waals surface area contributed by atoms with E-state index in [1.54, 1.807) is 0 Å². The zero-order chi connectivity index (χ0) is 15.3. The highest BCUT2D eigenvalue weighted by Gasteiger charge is 2.25. The lowest BCUT2D eigenvalue weighted by Crippen LogP contribution is -2.39. The van der Waals surface area contributed by atoms with Gasteiger partial charge in [0.1, 0.15) is 0 Å². The molecule has 0 bridgehead atoms. The van der Waals surface area contributed by atoms with E-state index in [0.29, 0.717) is 18.0 Å². The van der Waals surface area contributed by atoms with Crippen LogP contribution >= 0.6 is 11.8 Å². The van der Waals surface area contributed by atoms with Crippen LogP contribution < -0.4 is 10.5 Å². The largest absolute Gasteiger partial charge is 0.399 e. The molecule has 0 aromatic heterocycles. The molecule has 0 aliphatic carbocycles. The van der Waals surface area contributed by atoms with Gasteiger partial charge in [0.25, 0.3) is 0 Å². The molecule has 7 heteroatoms. The molecule has 0 amide bonds. The van der Waals surface area contributed by atoms with Gasteiger partial charge in [0.2, 0.25) is 10.0 Å². The molecule has 2 rings (SSSR count). The van der Waals surface area contributed by atoms with Gasteiger partial charge in [-0.3, -0.25) is 0 Å². The fourth-order valence-corrected chi connectivity index (χ4v) is 4.98. The summed E-state index contributed by atoms with van der Waals surface area (Å²) >= 11 is 1.50. The topological polar surface area (TPSA) is 81.4 Å². The fraction of sp³-hybridized carbons (Fsp3) is 0.571. The average Bonchev–Trinajstić information content (AvgIpc) is 2.92. The Hall–Kier alpha value is -0.760. The molecule has 1 saturated heterocycles. The maximum absolute atomic E-state index is 12.1. The lowest BCUT2D eigenvalue weighted by molar-refractivity contribution is 0.180. The van der Waals surface area contributed by atoms with Gasteiger partial charge in [-0.1, -0.05) is 6.07 Å². The van der Waals surface area contributed by atoms with Crippen molar-refractivity contribution in [2.45, 2.75) is 24.3 Å². The van der Waals surface area contributed by atoms with Crippen molar-refractivity contribution >= 4 is 27.5 Å². The molecule has 1 fully saturated rings. The smallest absolute Gasteiger partial charge is 0.212 e. The van der Waals surface area contributed by atoms with Crippen LogP contribution in [-0.4, -0.2) is 39.2 Å². The van der Waals surface area contributed by atoms with Gasteiger partial charge >= 0.3 is 0 Å². The summed E-state index contributed by atoms with van der Waals surface area (Å²) in [5, 5.41) is 0. The molecule has 3 N–H and O–H groups in total. The normalized spacial score (nSPS) is 20.5. The molecule has 0 radical (unpaired) electrons. The highest BCUT2D eigenvalue weighted by atomic mass is 32.2. The van der Waals surface area contributed by atoms with Crippen LogP contribution in [0.4, 0.5) is 5.69 Å². The van der Waals surface area contributed by atoms with Gasteiger partial charge in [-0.05, 0) is 31.5 Å². The zero-order valence-corrected chi connectivity index (χ0v) is 13.8. The van der Waals surface area contributed by atoms with Crippen molar-refractivity contribution in [3.63, 3.8) is 0 Å². The van der Waals surface area contributed by atoms with Gasteiger partial charge in [-0.15, -0.1) is 11.8 Å². The van der Waals surface area contributed by atoms with Crippen molar-refractivity contribution in [2.24, 2.45) is 5.92 Å². The number of anilines is 1. The Labute approximate surface area is 130 Å². The van der Waals surface area contributed by atoms with E-state index in [2.05, 4.69) is 4.72 Å². The molecular formula is C14H22N2O3S2. The molecule has 2 atom stereocenters. The van der Waals surface area contributed by atoms with Crippen molar-refractivity contribution in [3.8, 4) is 0 Å². The van der Waals surface area contributed by atoms with Crippen LogP contribution in [0, 0.1) is 5.92 Å². The molecule has 1 aromatic rings. The SMILES string of the molecule is CC(NS(=O)(=O)CCSc1cccc(N)c1)C1CCOC1. The maximum Gasteiger partial charge on any atom is 0.212 e. The van der Waals surface area contributed by atoms with Crippen molar-refractivity contribution in [3.05, 3.63) is 24.3 Å². The molecule has 118 valence electrons. The number of hydrogen-bond donors (Lipinski definition) is 2. The van der Waals surface area contributed by atoms with Crippen molar-refractivity contribution in [2.75, 3.05) is 30.5 Å². The van der Waals surface area contributed by atoms with Crippen LogP contribution in [0.25, 0.3) is 0 Å². The van der Waals surface area contributed by atoms with Crippen LogP contribution in [0.15, 0.2) is 29.2 Å². The molecule has 2 unspecified atom stereocenters. The summed E-state index contributed by atoms with van der Waals surface area (Å²) in [6.07, 6.45) is 0.918. The quantitative estimate of drug-likeness (QED) is 0.587. The first kappa shape index (κ1) is 16.6. The standard InChI is InChI=1S/C14H22N2O3S2/c1-11(12-5-6-19-10-12)16-21(17,18)8-7-20-14-4-2-3-13(15)9-14/h2-4,9,11-12,16H,5-8,10,15H2,1H3. The van der Waals surface area contributed by atoms with Gasteiger partial charge in [-0.2, -0.15) is 0 Å². The number of benzene rings is 1. The van der Waals surface area contributed by atoms with E-state index in [9.17, 15) is 8.42 Å². The van der Waals surface area contributed by atoms with Crippen LogP contribution in [0.2, 0.25) is 0 Å². The van der Waals surface area contributed by atoms with Gasteiger partial charge in [-0.25, -0.2) is 13.1 Å². The molecule has 1 heterocycles. The Balaban J connectivity index is 1.78. The number of nitrogens with two attached hydrogens (primary N) is 1. The molecule has 0 saturated carbocycles. The lowest BCUT2D eigenvalue weighted by Gasteiger charge is -2.19. The van der Waals surface area contributed by atoms with Gasteiger partial charge < -0.3 is 10.5 Å². The van der Waals surface area contributed by atoms with E-state index in [0.717, 1.165) is 17.9 Å². The fourth-order valence-electron chi connectivity index (χ4n) is 2.26. The van der Waals surface area contributed by atoms with Crippen LogP contribution in [0.1, 0.15) is 13.3 Å². The Bertz CT molecular complexity index is 557. The minimum Gasteiger partial charge on any atom is -0.399 e. The second kappa shape index (κ2) is 7.49.